The Balaban J connectivity index is 1.64. The van der Waals surface area contributed by atoms with Gasteiger partial charge in [0.15, 0.2) is 0 Å². The van der Waals surface area contributed by atoms with Crippen molar-refractivity contribution >= 4 is 21.6 Å². The molecule has 0 N–H and O–H groups in total. The van der Waals surface area contributed by atoms with Crippen molar-refractivity contribution in [1.29, 1.82) is 0 Å². The van der Waals surface area contributed by atoms with Crippen LogP contribution in [0.25, 0.3) is 0 Å². The number of sulfonamides is 1. The molecule has 1 aliphatic rings. The van der Waals surface area contributed by atoms with Crippen molar-refractivity contribution in [3.05, 3.63) is 64.4 Å². The van der Waals surface area contributed by atoms with Gasteiger partial charge in [-0.1, -0.05) is 43.6 Å². The maximum absolute atomic E-state index is 13.2. The van der Waals surface area contributed by atoms with E-state index in [9.17, 15) is 12.8 Å². The van der Waals surface area contributed by atoms with Gasteiger partial charge in [-0.3, -0.25) is 4.90 Å². The van der Waals surface area contributed by atoms with Gasteiger partial charge in [-0.15, -0.1) is 0 Å². The van der Waals surface area contributed by atoms with Crippen molar-refractivity contribution in [1.82, 2.24) is 9.21 Å². The highest BCUT2D eigenvalue weighted by atomic mass is 35.5. The number of benzene rings is 2. The lowest BCUT2D eigenvalue weighted by Crippen LogP contribution is -2.48. The van der Waals surface area contributed by atoms with Crippen LogP contribution >= 0.6 is 11.6 Å². The molecule has 1 aliphatic heterocycles. The Hall–Kier alpha value is -1.47. The molecule has 0 unspecified atom stereocenters. The van der Waals surface area contributed by atoms with Crippen LogP contribution in [0.2, 0.25) is 5.02 Å². The SMILES string of the molecule is CC(C)c1ccc(S(=O)(=O)N2CCN(Cc3ccc(F)cc3Cl)CC2)cc1. The van der Waals surface area contributed by atoms with Crippen LogP contribution in [0.5, 0.6) is 0 Å². The normalized spacial score (nSPS) is 16.8. The standard InChI is InChI=1S/C20H24ClFN2O2S/c1-15(2)16-4-7-19(8-5-16)27(25,26)24-11-9-23(10-12-24)14-17-3-6-18(22)13-20(17)21/h3-8,13,15H,9-12,14H2,1-2H3. The van der Waals surface area contributed by atoms with Gasteiger partial charge in [0.25, 0.3) is 0 Å². The monoisotopic (exact) mass is 410 g/mol. The van der Waals surface area contributed by atoms with Gasteiger partial charge in [0.1, 0.15) is 5.82 Å². The van der Waals surface area contributed by atoms with Crippen molar-refractivity contribution in [3.8, 4) is 0 Å². The van der Waals surface area contributed by atoms with E-state index in [1.165, 1.54) is 16.4 Å². The molecule has 4 nitrogen and oxygen atoms in total. The van der Waals surface area contributed by atoms with Gasteiger partial charge < -0.3 is 0 Å². The summed E-state index contributed by atoms with van der Waals surface area (Å²) in [5, 5.41) is 0.398. The fourth-order valence-corrected chi connectivity index (χ4v) is 4.84. The summed E-state index contributed by atoms with van der Waals surface area (Å²) in [6, 6.07) is 11.5. The number of hydrogen-bond acceptors (Lipinski definition) is 3. The topological polar surface area (TPSA) is 40.6 Å². The molecule has 0 bridgehead atoms. The maximum atomic E-state index is 13.2. The van der Waals surface area contributed by atoms with Crippen molar-refractivity contribution in [2.24, 2.45) is 0 Å². The lowest BCUT2D eigenvalue weighted by molar-refractivity contribution is 0.181. The Morgan fingerprint density at radius 1 is 1.04 bits per heavy atom. The summed E-state index contributed by atoms with van der Waals surface area (Å²) >= 11 is 6.09. The van der Waals surface area contributed by atoms with Crippen LogP contribution in [0, 0.1) is 5.82 Å². The summed E-state index contributed by atoms with van der Waals surface area (Å²) in [6.45, 7) is 6.80. The number of halogens is 2. The molecule has 2 aromatic rings. The molecular formula is C20H24ClFN2O2S. The first-order valence-corrected chi connectivity index (χ1v) is 10.9. The van der Waals surface area contributed by atoms with Gasteiger partial charge in [-0.05, 0) is 41.3 Å². The summed E-state index contributed by atoms with van der Waals surface area (Å²) in [4.78, 5) is 2.47. The molecule has 0 amide bonds. The third kappa shape index (κ3) is 4.69. The molecule has 0 saturated carbocycles. The molecule has 0 atom stereocenters. The van der Waals surface area contributed by atoms with Crippen molar-refractivity contribution < 1.29 is 12.8 Å². The molecular weight excluding hydrogens is 387 g/mol. The van der Waals surface area contributed by atoms with E-state index in [1.54, 1.807) is 18.2 Å². The van der Waals surface area contributed by atoms with E-state index in [-0.39, 0.29) is 5.82 Å². The van der Waals surface area contributed by atoms with Gasteiger partial charge in [0.05, 0.1) is 4.90 Å². The second kappa shape index (κ2) is 8.27. The Kier molecular flexibility index (Phi) is 6.21. The second-order valence-electron chi connectivity index (χ2n) is 7.14. The number of rotatable bonds is 5. The molecule has 27 heavy (non-hydrogen) atoms. The Morgan fingerprint density at radius 2 is 1.67 bits per heavy atom. The largest absolute Gasteiger partial charge is 0.296 e. The molecule has 1 heterocycles. The highest BCUT2D eigenvalue weighted by Gasteiger charge is 2.28. The smallest absolute Gasteiger partial charge is 0.243 e. The molecule has 0 aliphatic carbocycles. The first-order chi connectivity index (χ1) is 12.8. The molecule has 0 aromatic heterocycles. The van der Waals surface area contributed by atoms with Crippen molar-refractivity contribution in [2.45, 2.75) is 31.2 Å². The first kappa shape index (κ1) is 20.3. The zero-order valence-electron chi connectivity index (χ0n) is 15.5. The zero-order valence-corrected chi connectivity index (χ0v) is 17.1. The van der Waals surface area contributed by atoms with Crippen LogP contribution in [0.15, 0.2) is 47.4 Å². The van der Waals surface area contributed by atoms with Crippen molar-refractivity contribution in [3.63, 3.8) is 0 Å². The van der Waals surface area contributed by atoms with Crippen LogP contribution in [0.3, 0.4) is 0 Å². The molecule has 2 aromatic carbocycles. The average molecular weight is 411 g/mol. The molecule has 0 radical (unpaired) electrons. The zero-order chi connectivity index (χ0) is 19.6. The van der Waals surface area contributed by atoms with E-state index < -0.39 is 10.0 Å². The second-order valence-corrected chi connectivity index (χ2v) is 9.48. The third-order valence-corrected chi connectivity index (χ3v) is 7.19. The van der Waals surface area contributed by atoms with Crippen LogP contribution in [0.1, 0.15) is 30.9 Å². The van der Waals surface area contributed by atoms with Crippen LogP contribution in [-0.2, 0) is 16.6 Å². The lowest BCUT2D eigenvalue weighted by atomic mass is 10.0. The van der Waals surface area contributed by atoms with Crippen LogP contribution in [0.4, 0.5) is 4.39 Å². The van der Waals surface area contributed by atoms with Gasteiger partial charge in [-0.2, -0.15) is 4.31 Å². The molecule has 3 rings (SSSR count). The van der Waals surface area contributed by atoms with E-state index in [0.29, 0.717) is 48.6 Å². The van der Waals surface area contributed by atoms with Gasteiger partial charge in [-0.25, -0.2) is 12.8 Å². The predicted molar refractivity (Wildman–Crippen MR) is 106 cm³/mol. The van der Waals surface area contributed by atoms with E-state index in [4.69, 9.17) is 11.6 Å². The average Bonchev–Trinajstić information content (AvgIpc) is 2.64. The van der Waals surface area contributed by atoms with Gasteiger partial charge in [0.2, 0.25) is 10.0 Å². The Labute approximate surface area is 165 Å². The summed E-state index contributed by atoms with van der Waals surface area (Å²) < 4.78 is 40.4. The van der Waals surface area contributed by atoms with E-state index in [1.807, 2.05) is 12.1 Å². The summed E-state index contributed by atoms with van der Waals surface area (Å²) in [6.07, 6.45) is 0. The summed E-state index contributed by atoms with van der Waals surface area (Å²) in [5.41, 5.74) is 1.97. The Morgan fingerprint density at radius 3 is 2.22 bits per heavy atom. The predicted octanol–water partition coefficient (Wildman–Crippen LogP) is 4.11. The molecule has 7 heteroatoms. The minimum Gasteiger partial charge on any atom is -0.296 e. The summed E-state index contributed by atoms with van der Waals surface area (Å²) in [5.74, 6) is 0.00623. The van der Waals surface area contributed by atoms with E-state index in [2.05, 4.69) is 18.7 Å². The van der Waals surface area contributed by atoms with Crippen LogP contribution in [-0.4, -0.2) is 43.8 Å². The van der Waals surface area contributed by atoms with Gasteiger partial charge >= 0.3 is 0 Å². The van der Waals surface area contributed by atoms with E-state index >= 15 is 0 Å². The third-order valence-electron chi connectivity index (χ3n) is 4.92. The fourth-order valence-electron chi connectivity index (χ4n) is 3.19. The number of hydrogen-bond donors (Lipinski definition) is 0. The molecule has 0 spiro atoms. The quantitative estimate of drug-likeness (QED) is 0.744. The number of nitrogens with zero attached hydrogens (tertiary/aromatic N) is 2. The first-order valence-electron chi connectivity index (χ1n) is 9.04. The summed E-state index contributed by atoms with van der Waals surface area (Å²) in [7, 11) is -3.48. The highest BCUT2D eigenvalue weighted by molar-refractivity contribution is 7.89. The Bertz CT molecular complexity index is 893. The molecule has 1 saturated heterocycles. The fraction of sp³-hybridized carbons (Fsp3) is 0.400. The van der Waals surface area contributed by atoms with Gasteiger partial charge in [0, 0.05) is 37.7 Å². The lowest BCUT2D eigenvalue weighted by Gasteiger charge is -2.34. The van der Waals surface area contributed by atoms with Crippen molar-refractivity contribution in [2.75, 3.05) is 26.2 Å². The molecule has 1 fully saturated rings. The number of piperazine rings is 1. The van der Waals surface area contributed by atoms with E-state index in [0.717, 1.165) is 11.1 Å². The highest BCUT2D eigenvalue weighted by Crippen LogP contribution is 2.23. The minimum absolute atomic E-state index is 0.335. The minimum atomic E-state index is -3.48. The van der Waals surface area contributed by atoms with Crippen LogP contribution < -0.4 is 0 Å². The molecule has 146 valence electrons. The maximum Gasteiger partial charge on any atom is 0.243 e.